The molecule has 11 atom stereocenters. The van der Waals surface area contributed by atoms with Crippen LogP contribution in [0, 0.1) is 0 Å². The molecule has 0 bridgehead atoms. The topological polar surface area (TPSA) is 247 Å². The standard InChI is InChI=1S/C20H37N2O15P/c1-10(24)22-13-18(36-20-16(27)15(26)17-12(35-20)9-33-38(28,29)37-17)14(25)11(8-23)34-19(13)32-7-6-31-5-4-30-3-2-21/h11-20,23,25-27H,2-9,21H2,1H3,(H,22,24)(H,28,29)/t11-,12-,13-,14-,15-,16-,17+,18-,19-,20+/m1/s1. The quantitative estimate of drug-likeness (QED) is 0.0813. The number of nitrogens with one attached hydrogen (secondary N) is 1. The summed E-state index contributed by atoms with van der Waals surface area (Å²) in [6, 6.07) is -1.15. The number of fused-ring (bicyclic) bond motifs is 1. The van der Waals surface area contributed by atoms with Gasteiger partial charge in [-0.15, -0.1) is 0 Å². The van der Waals surface area contributed by atoms with Crippen molar-refractivity contribution in [3.8, 4) is 0 Å². The summed E-state index contributed by atoms with van der Waals surface area (Å²) in [6.07, 6.45) is -12.9. The smallest absolute Gasteiger partial charge is 0.394 e. The summed E-state index contributed by atoms with van der Waals surface area (Å²) in [5.41, 5.74) is 5.34. The summed E-state index contributed by atoms with van der Waals surface area (Å²) >= 11 is 0. The highest BCUT2D eigenvalue weighted by molar-refractivity contribution is 7.47. The molecule has 3 rings (SSSR count). The lowest BCUT2D eigenvalue weighted by molar-refractivity contribution is -0.346. The summed E-state index contributed by atoms with van der Waals surface area (Å²) < 4.78 is 54.6. The summed E-state index contributed by atoms with van der Waals surface area (Å²) in [7, 11) is -4.44. The Kier molecular flexibility index (Phi) is 12.2. The zero-order valence-electron chi connectivity index (χ0n) is 20.8. The van der Waals surface area contributed by atoms with E-state index in [0.717, 1.165) is 0 Å². The molecule has 222 valence electrons. The number of phosphoric acid groups is 1. The fraction of sp³-hybridized carbons (Fsp3) is 0.950. The van der Waals surface area contributed by atoms with Crippen LogP contribution in [0.5, 0.6) is 0 Å². The normalized spacial score (nSPS) is 41.4. The fourth-order valence-corrected chi connectivity index (χ4v) is 5.14. The number of carbonyl (C=O) groups is 1. The van der Waals surface area contributed by atoms with Crippen LogP contribution >= 0.6 is 7.82 Å². The molecule has 0 aliphatic carbocycles. The van der Waals surface area contributed by atoms with Gasteiger partial charge in [-0.25, -0.2) is 4.57 Å². The maximum atomic E-state index is 12.0. The van der Waals surface area contributed by atoms with Crippen molar-refractivity contribution in [2.45, 2.75) is 68.3 Å². The molecule has 0 radical (unpaired) electrons. The van der Waals surface area contributed by atoms with Crippen LogP contribution < -0.4 is 11.1 Å². The Balaban J connectivity index is 1.67. The lowest BCUT2D eigenvalue weighted by Crippen LogP contribution is -2.68. The molecule has 3 fully saturated rings. The highest BCUT2D eigenvalue weighted by atomic mass is 31.2. The van der Waals surface area contributed by atoms with Gasteiger partial charge in [-0.1, -0.05) is 0 Å². The van der Waals surface area contributed by atoms with E-state index in [1.54, 1.807) is 0 Å². The third-order valence-corrected chi connectivity index (χ3v) is 6.94. The first-order valence-electron chi connectivity index (χ1n) is 12.1. The molecule has 0 aromatic heterocycles. The number of rotatable bonds is 13. The van der Waals surface area contributed by atoms with E-state index in [-0.39, 0.29) is 19.8 Å². The van der Waals surface area contributed by atoms with Crippen molar-refractivity contribution in [3.63, 3.8) is 0 Å². The van der Waals surface area contributed by atoms with Gasteiger partial charge in [0.25, 0.3) is 0 Å². The van der Waals surface area contributed by atoms with Crippen LogP contribution in [-0.4, -0.2) is 145 Å². The minimum Gasteiger partial charge on any atom is -0.394 e. The number of ether oxygens (including phenoxy) is 6. The molecule has 0 spiro atoms. The maximum absolute atomic E-state index is 12.0. The first-order chi connectivity index (χ1) is 18.1. The minimum atomic E-state index is -4.44. The molecule has 18 heteroatoms. The highest BCUT2D eigenvalue weighted by Crippen LogP contribution is 2.50. The van der Waals surface area contributed by atoms with Gasteiger partial charge in [-0.3, -0.25) is 13.8 Å². The van der Waals surface area contributed by atoms with Crippen LogP contribution in [0.1, 0.15) is 6.92 Å². The summed E-state index contributed by atoms with van der Waals surface area (Å²) in [6.45, 7) is 1.67. The molecule has 8 N–H and O–H groups in total. The van der Waals surface area contributed by atoms with Crippen molar-refractivity contribution in [2.24, 2.45) is 5.73 Å². The van der Waals surface area contributed by atoms with Gasteiger partial charge >= 0.3 is 7.82 Å². The van der Waals surface area contributed by atoms with Gasteiger partial charge in [0.05, 0.1) is 46.2 Å². The fourth-order valence-electron chi connectivity index (χ4n) is 4.18. The predicted octanol–water partition coefficient (Wildman–Crippen LogP) is -4.07. The Morgan fingerprint density at radius 2 is 1.71 bits per heavy atom. The van der Waals surface area contributed by atoms with E-state index >= 15 is 0 Å². The number of aliphatic hydroxyl groups is 4. The molecule has 0 aromatic carbocycles. The summed E-state index contributed by atoms with van der Waals surface area (Å²) in [5, 5.41) is 44.2. The van der Waals surface area contributed by atoms with Gasteiger partial charge in [0.2, 0.25) is 5.91 Å². The second-order valence-corrected chi connectivity index (χ2v) is 10.2. The van der Waals surface area contributed by atoms with E-state index in [1.807, 2.05) is 0 Å². The van der Waals surface area contributed by atoms with E-state index in [2.05, 4.69) is 5.32 Å². The van der Waals surface area contributed by atoms with Gasteiger partial charge in [-0.05, 0) is 0 Å². The van der Waals surface area contributed by atoms with Crippen molar-refractivity contribution in [2.75, 3.05) is 52.8 Å². The van der Waals surface area contributed by atoms with Crippen molar-refractivity contribution < 1.29 is 72.1 Å². The van der Waals surface area contributed by atoms with Gasteiger partial charge in [0.15, 0.2) is 12.6 Å². The van der Waals surface area contributed by atoms with E-state index in [9.17, 15) is 34.7 Å². The van der Waals surface area contributed by atoms with Crippen molar-refractivity contribution in [3.05, 3.63) is 0 Å². The Labute approximate surface area is 218 Å². The molecule has 3 heterocycles. The molecule has 1 amide bonds. The van der Waals surface area contributed by atoms with Gasteiger partial charge in [-0.2, -0.15) is 0 Å². The molecule has 0 saturated carbocycles. The van der Waals surface area contributed by atoms with E-state index < -0.39 is 88.3 Å². The lowest BCUT2D eigenvalue weighted by atomic mass is 9.95. The first-order valence-corrected chi connectivity index (χ1v) is 13.6. The van der Waals surface area contributed by atoms with Gasteiger partial charge < -0.3 is 64.8 Å². The minimum absolute atomic E-state index is 0.000477. The summed E-state index contributed by atoms with van der Waals surface area (Å²) in [4.78, 5) is 21.5. The number of carbonyl (C=O) groups excluding carboxylic acids is 1. The van der Waals surface area contributed by atoms with Crippen LogP contribution in [0.15, 0.2) is 0 Å². The Morgan fingerprint density at radius 1 is 1.03 bits per heavy atom. The number of amides is 1. The zero-order valence-corrected chi connectivity index (χ0v) is 21.7. The van der Waals surface area contributed by atoms with E-state index in [1.165, 1.54) is 6.92 Å². The molecular formula is C20H37N2O15P. The van der Waals surface area contributed by atoms with Crippen molar-refractivity contribution in [1.82, 2.24) is 5.32 Å². The summed E-state index contributed by atoms with van der Waals surface area (Å²) in [5.74, 6) is -0.526. The number of phosphoric ester groups is 1. The Bertz CT molecular complexity index is 794. The average Bonchev–Trinajstić information content (AvgIpc) is 2.87. The Morgan fingerprint density at radius 3 is 2.37 bits per heavy atom. The van der Waals surface area contributed by atoms with Crippen molar-refractivity contribution in [1.29, 1.82) is 0 Å². The van der Waals surface area contributed by atoms with E-state index in [4.69, 9.17) is 43.2 Å². The second-order valence-electron chi connectivity index (χ2n) is 8.79. The molecule has 3 saturated heterocycles. The number of hydrogen-bond acceptors (Lipinski definition) is 15. The Hall–Kier alpha value is -0.860. The first kappa shape index (κ1) is 31.7. The molecule has 17 nitrogen and oxygen atoms in total. The molecule has 3 aliphatic heterocycles. The molecule has 3 aliphatic rings. The van der Waals surface area contributed by atoms with E-state index in [0.29, 0.717) is 19.8 Å². The monoisotopic (exact) mass is 576 g/mol. The lowest BCUT2D eigenvalue weighted by Gasteiger charge is -2.48. The number of aliphatic hydroxyl groups excluding tert-OH is 4. The number of nitrogens with two attached hydrogens (primary N) is 1. The van der Waals surface area contributed by atoms with Crippen molar-refractivity contribution >= 4 is 13.7 Å². The maximum Gasteiger partial charge on any atom is 0.472 e. The zero-order chi connectivity index (χ0) is 27.9. The molecular weight excluding hydrogens is 539 g/mol. The number of hydrogen-bond donors (Lipinski definition) is 7. The molecule has 1 unspecified atom stereocenters. The van der Waals surface area contributed by atoms with Crippen LogP contribution in [0.4, 0.5) is 0 Å². The van der Waals surface area contributed by atoms with Gasteiger partial charge in [0, 0.05) is 13.5 Å². The van der Waals surface area contributed by atoms with Gasteiger partial charge in [0.1, 0.15) is 48.8 Å². The van der Waals surface area contributed by atoms with Crippen LogP contribution in [-0.2, 0) is 46.8 Å². The third kappa shape index (κ3) is 8.33. The predicted molar refractivity (Wildman–Crippen MR) is 122 cm³/mol. The van der Waals surface area contributed by atoms with Crippen LogP contribution in [0.3, 0.4) is 0 Å². The average molecular weight is 576 g/mol. The third-order valence-electron chi connectivity index (χ3n) is 5.96. The SMILES string of the molecule is CC(=O)N[C@H]1[C@H](OCCOCCOCCN)O[C@H](CO)[C@@H](O)[C@@H]1O[C@@H]1O[C@@H]2COP(=O)(O)O[C@@H]2[C@H](O)[C@H]1O. The molecule has 38 heavy (non-hydrogen) atoms. The second kappa shape index (κ2) is 14.7. The van der Waals surface area contributed by atoms with Crippen LogP contribution in [0.25, 0.3) is 0 Å². The molecule has 0 aromatic rings. The largest absolute Gasteiger partial charge is 0.472 e. The highest BCUT2D eigenvalue weighted by Gasteiger charge is 2.55. The van der Waals surface area contributed by atoms with Crippen LogP contribution in [0.2, 0.25) is 0 Å².